The minimum Gasteiger partial charge on any atom is -0.479 e. The summed E-state index contributed by atoms with van der Waals surface area (Å²) in [7, 11) is 0. The number of rotatable bonds is 5. The van der Waals surface area contributed by atoms with Gasteiger partial charge in [-0.1, -0.05) is 42.5 Å². The monoisotopic (exact) mass is 353 g/mol. The van der Waals surface area contributed by atoms with Gasteiger partial charge in [0.25, 0.3) is 0 Å². The predicted octanol–water partition coefficient (Wildman–Crippen LogP) is 3.76. The fourth-order valence-electron chi connectivity index (χ4n) is 2.06. The predicted molar refractivity (Wildman–Crippen MR) is 81.6 cm³/mol. The number of nitrogens with one attached hydrogen (secondary N) is 1. The molecule has 0 heterocycles. The number of halogens is 3. The van der Waals surface area contributed by atoms with Gasteiger partial charge in [0.15, 0.2) is 6.04 Å². The summed E-state index contributed by atoms with van der Waals surface area (Å²) < 4.78 is 43.1. The fourth-order valence-corrected chi connectivity index (χ4v) is 2.06. The average Bonchev–Trinajstić information content (AvgIpc) is 2.58. The lowest BCUT2D eigenvalue weighted by molar-refractivity contribution is -0.140. The van der Waals surface area contributed by atoms with E-state index in [1.807, 2.05) is 0 Å². The highest BCUT2D eigenvalue weighted by molar-refractivity contribution is 5.81. The number of carboxylic acids is 1. The van der Waals surface area contributed by atoms with Crippen LogP contribution in [0.15, 0.2) is 54.6 Å². The van der Waals surface area contributed by atoms with Crippen LogP contribution >= 0.6 is 0 Å². The zero-order chi connectivity index (χ0) is 18.4. The van der Waals surface area contributed by atoms with Crippen molar-refractivity contribution in [1.29, 1.82) is 0 Å². The molecule has 0 aromatic heterocycles. The maximum Gasteiger partial charge on any atom is 0.416 e. The van der Waals surface area contributed by atoms with Crippen LogP contribution in [0.1, 0.15) is 22.7 Å². The Morgan fingerprint density at radius 3 is 2.36 bits per heavy atom. The summed E-state index contributed by atoms with van der Waals surface area (Å²) in [6.07, 6.45) is -5.67. The molecule has 0 radical (unpaired) electrons. The van der Waals surface area contributed by atoms with Crippen molar-refractivity contribution in [3.63, 3.8) is 0 Å². The van der Waals surface area contributed by atoms with Crippen molar-refractivity contribution in [2.75, 3.05) is 0 Å². The molecule has 2 rings (SSSR count). The maximum absolute atomic E-state index is 12.7. The maximum atomic E-state index is 12.7. The lowest BCUT2D eigenvalue weighted by Crippen LogP contribution is -2.34. The van der Waals surface area contributed by atoms with Gasteiger partial charge in [-0.25, -0.2) is 9.59 Å². The van der Waals surface area contributed by atoms with E-state index >= 15 is 0 Å². The highest BCUT2D eigenvalue weighted by Gasteiger charge is 2.32. The number of hydrogen-bond donors (Lipinski definition) is 2. The third-order valence-electron chi connectivity index (χ3n) is 3.27. The summed E-state index contributed by atoms with van der Waals surface area (Å²) >= 11 is 0. The van der Waals surface area contributed by atoms with Gasteiger partial charge in [0, 0.05) is 0 Å². The van der Waals surface area contributed by atoms with Gasteiger partial charge in [-0.3, -0.25) is 0 Å². The normalized spacial score (nSPS) is 12.3. The second kappa shape index (κ2) is 7.69. The molecular weight excluding hydrogens is 339 g/mol. The second-order valence-corrected chi connectivity index (χ2v) is 5.10. The number of hydrogen-bond acceptors (Lipinski definition) is 3. The molecule has 0 aliphatic heterocycles. The summed E-state index contributed by atoms with van der Waals surface area (Å²) in [5.74, 6) is -1.50. The second-order valence-electron chi connectivity index (χ2n) is 5.10. The van der Waals surface area contributed by atoms with E-state index < -0.39 is 29.8 Å². The van der Waals surface area contributed by atoms with Gasteiger partial charge in [0.1, 0.15) is 6.61 Å². The van der Waals surface area contributed by atoms with E-state index in [1.165, 1.54) is 6.07 Å². The van der Waals surface area contributed by atoms with E-state index in [2.05, 4.69) is 5.32 Å². The van der Waals surface area contributed by atoms with Gasteiger partial charge in [0.05, 0.1) is 5.56 Å². The number of alkyl carbamates (subject to hydrolysis) is 1. The molecule has 0 saturated carbocycles. The molecule has 0 aliphatic rings. The number of aliphatic carboxylic acids is 1. The number of amides is 1. The largest absolute Gasteiger partial charge is 0.479 e. The van der Waals surface area contributed by atoms with Crippen molar-refractivity contribution in [2.45, 2.75) is 18.8 Å². The van der Waals surface area contributed by atoms with Crippen LogP contribution in [0.4, 0.5) is 18.0 Å². The van der Waals surface area contributed by atoms with Crippen LogP contribution < -0.4 is 5.32 Å². The first kappa shape index (κ1) is 18.3. The molecule has 0 fully saturated rings. The summed E-state index contributed by atoms with van der Waals surface area (Å²) in [6, 6.07) is 10.7. The number of carbonyl (C=O) groups excluding carboxylic acids is 1. The minimum absolute atomic E-state index is 0.0956. The van der Waals surface area contributed by atoms with Gasteiger partial charge in [-0.05, 0) is 23.3 Å². The quantitative estimate of drug-likeness (QED) is 0.858. The number of ether oxygens (including phenoxy) is 1. The van der Waals surface area contributed by atoms with Crippen molar-refractivity contribution < 1.29 is 32.6 Å². The molecule has 8 heteroatoms. The number of alkyl halides is 3. The lowest BCUT2D eigenvalue weighted by Gasteiger charge is -2.16. The summed E-state index contributed by atoms with van der Waals surface area (Å²) in [4.78, 5) is 23.1. The van der Waals surface area contributed by atoms with Crippen LogP contribution in [0.25, 0.3) is 0 Å². The van der Waals surface area contributed by atoms with Crippen LogP contribution in [0.5, 0.6) is 0 Å². The van der Waals surface area contributed by atoms with Crippen molar-refractivity contribution in [3.05, 3.63) is 71.3 Å². The number of benzene rings is 2. The summed E-state index contributed by atoms with van der Waals surface area (Å²) in [6.45, 7) is -0.0956. The first-order valence-electron chi connectivity index (χ1n) is 7.14. The van der Waals surface area contributed by atoms with Gasteiger partial charge >= 0.3 is 18.2 Å². The molecule has 5 nitrogen and oxygen atoms in total. The van der Waals surface area contributed by atoms with Crippen molar-refractivity contribution >= 4 is 12.1 Å². The van der Waals surface area contributed by atoms with Crippen LogP contribution in [-0.2, 0) is 22.3 Å². The topological polar surface area (TPSA) is 75.6 Å². The van der Waals surface area contributed by atoms with Gasteiger partial charge in [0.2, 0.25) is 0 Å². The Labute approximate surface area is 141 Å². The number of carboxylic acid groups (broad SMARTS) is 1. The van der Waals surface area contributed by atoms with Crippen LogP contribution in [-0.4, -0.2) is 17.2 Å². The molecule has 0 saturated heterocycles. The van der Waals surface area contributed by atoms with E-state index in [9.17, 15) is 27.9 Å². The Bertz CT molecular complexity index is 747. The van der Waals surface area contributed by atoms with E-state index in [-0.39, 0.29) is 12.2 Å². The average molecular weight is 353 g/mol. The molecule has 2 N–H and O–H groups in total. The Balaban J connectivity index is 2.08. The van der Waals surface area contributed by atoms with Crippen molar-refractivity contribution in [3.8, 4) is 0 Å². The molecule has 132 valence electrons. The van der Waals surface area contributed by atoms with E-state index in [0.29, 0.717) is 11.6 Å². The van der Waals surface area contributed by atoms with E-state index in [0.717, 1.165) is 12.1 Å². The Morgan fingerprint density at radius 1 is 1.08 bits per heavy atom. The highest BCUT2D eigenvalue weighted by Crippen LogP contribution is 2.30. The molecule has 1 amide bonds. The molecule has 0 bridgehead atoms. The van der Waals surface area contributed by atoms with Crippen molar-refractivity contribution in [2.24, 2.45) is 0 Å². The molecule has 25 heavy (non-hydrogen) atoms. The molecule has 2 aromatic rings. The zero-order valence-electron chi connectivity index (χ0n) is 12.8. The lowest BCUT2D eigenvalue weighted by atomic mass is 10.0. The van der Waals surface area contributed by atoms with Gasteiger partial charge in [-0.15, -0.1) is 0 Å². The highest BCUT2D eigenvalue weighted by atomic mass is 19.4. The summed E-state index contributed by atoms with van der Waals surface area (Å²) in [5.41, 5.74) is -0.529. The van der Waals surface area contributed by atoms with Crippen molar-refractivity contribution in [1.82, 2.24) is 5.32 Å². The van der Waals surface area contributed by atoms with Gasteiger partial charge in [-0.2, -0.15) is 13.2 Å². The van der Waals surface area contributed by atoms with Crippen LogP contribution in [0.3, 0.4) is 0 Å². The SMILES string of the molecule is O=C(N[C@H](C(=O)O)c1cccc(C(F)(F)F)c1)OCc1ccccc1. The van der Waals surface area contributed by atoms with Gasteiger partial charge < -0.3 is 15.2 Å². The van der Waals surface area contributed by atoms with Crippen LogP contribution in [0, 0.1) is 0 Å². The molecule has 1 atom stereocenters. The third-order valence-corrected chi connectivity index (χ3v) is 3.27. The minimum atomic E-state index is -4.62. The first-order chi connectivity index (χ1) is 11.8. The molecule has 0 unspecified atom stereocenters. The van der Waals surface area contributed by atoms with Crippen LogP contribution in [0.2, 0.25) is 0 Å². The fraction of sp³-hybridized carbons (Fsp3) is 0.176. The zero-order valence-corrected chi connectivity index (χ0v) is 12.8. The molecule has 0 aliphatic carbocycles. The van der Waals surface area contributed by atoms with E-state index in [1.54, 1.807) is 30.3 Å². The molecule has 0 spiro atoms. The molecule has 2 aromatic carbocycles. The first-order valence-corrected chi connectivity index (χ1v) is 7.14. The Kier molecular flexibility index (Phi) is 5.63. The molecular formula is C17H14F3NO4. The van der Waals surface area contributed by atoms with E-state index in [4.69, 9.17) is 4.74 Å². The standard InChI is InChI=1S/C17H14F3NO4/c18-17(19,20)13-8-4-7-12(9-13)14(15(22)23)21-16(24)25-10-11-5-2-1-3-6-11/h1-9,14H,10H2,(H,21,24)(H,22,23)/t14-/m0/s1. The Morgan fingerprint density at radius 2 is 1.76 bits per heavy atom. The number of carbonyl (C=O) groups is 2. The summed E-state index contributed by atoms with van der Waals surface area (Å²) in [5, 5.41) is 11.3. The Hall–Kier alpha value is -3.03. The third kappa shape index (κ3) is 5.23. The smallest absolute Gasteiger partial charge is 0.416 e.